The second-order valence-electron chi connectivity index (χ2n) is 18.7. The predicted octanol–water partition coefficient (Wildman–Crippen LogP) is 15.6. The zero-order chi connectivity index (χ0) is 47.2. The molecule has 0 atom stereocenters. The fourth-order valence-corrected chi connectivity index (χ4v) is 7.11. The van der Waals surface area contributed by atoms with Crippen LogP contribution in [-0.2, 0) is 14.2 Å². The molecule has 0 spiro atoms. The van der Waals surface area contributed by atoms with Gasteiger partial charge in [-0.2, -0.15) is 0 Å². The van der Waals surface area contributed by atoms with Gasteiger partial charge >= 0.3 is 18.5 Å². The molecule has 9 heteroatoms. The third-order valence-electron chi connectivity index (χ3n) is 9.96. The summed E-state index contributed by atoms with van der Waals surface area (Å²) >= 11 is 0. The minimum atomic E-state index is -0.750. The molecule has 7 aromatic rings. The Balaban J connectivity index is 1.18. The van der Waals surface area contributed by atoms with Crippen LogP contribution in [0.15, 0.2) is 164 Å². The molecular formula is C57H54O9. The third-order valence-corrected chi connectivity index (χ3v) is 9.96. The number of carbonyl (C=O) groups is 3. The van der Waals surface area contributed by atoms with Gasteiger partial charge in [0.05, 0.1) is 0 Å². The fraction of sp³-hybridized carbons (Fsp3) is 0.211. The van der Waals surface area contributed by atoms with Crippen LogP contribution >= 0.6 is 0 Å². The van der Waals surface area contributed by atoms with Crippen LogP contribution in [0.3, 0.4) is 0 Å². The van der Waals surface area contributed by atoms with Crippen LogP contribution in [0.5, 0.6) is 17.2 Å². The highest BCUT2D eigenvalue weighted by Gasteiger charge is 2.21. The normalized spacial score (nSPS) is 11.6. The van der Waals surface area contributed by atoms with Gasteiger partial charge in [-0.15, -0.1) is 0 Å². The van der Waals surface area contributed by atoms with E-state index < -0.39 is 35.3 Å². The van der Waals surface area contributed by atoms with Gasteiger partial charge in [0.2, 0.25) is 0 Å². The van der Waals surface area contributed by atoms with Crippen LogP contribution in [0, 0.1) is 0 Å². The summed E-state index contributed by atoms with van der Waals surface area (Å²) in [6.07, 6.45) is -2.24. The van der Waals surface area contributed by atoms with E-state index in [4.69, 9.17) is 28.4 Å². The van der Waals surface area contributed by atoms with E-state index in [1.165, 1.54) is 0 Å². The molecule has 0 saturated heterocycles. The number of hydrogen-bond donors (Lipinski definition) is 0. The molecule has 0 amide bonds. The van der Waals surface area contributed by atoms with Crippen LogP contribution in [0.1, 0.15) is 62.3 Å². The monoisotopic (exact) mass is 882 g/mol. The van der Waals surface area contributed by atoms with Gasteiger partial charge in [-0.1, -0.05) is 127 Å². The Bertz CT molecular complexity index is 2650. The van der Waals surface area contributed by atoms with E-state index in [1.807, 2.05) is 36.4 Å². The molecule has 0 saturated carbocycles. The first kappa shape index (κ1) is 46.3. The van der Waals surface area contributed by atoms with E-state index in [2.05, 4.69) is 91.0 Å². The number of carbonyl (C=O) groups excluding carboxylic acids is 3. The highest BCUT2D eigenvalue weighted by molar-refractivity contribution is 5.95. The Morgan fingerprint density at radius 2 is 0.500 bits per heavy atom. The van der Waals surface area contributed by atoms with E-state index in [1.54, 1.807) is 98.7 Å². The van der Waals surface area contributed by atoms with Gasteiger partial charge in [0.25, 0.3) is 0 Å². The smallest absolute Gasteiger partial charge is 0.428 e. The third kappa shape index (κ3) is 12.5. The van der Waals surface area contributed by atoms with Gasteiger partial charge in [0.1, 0.15) is 34.1 Å². The Morgan fingerprint density at radius 3 is 0.742 bits per heavy atom. The lowest BCUT2D eigenvalue weighted by Gasteiger charge is -2.19. The molecule has 0 aliphatic rings. The highest BCUT2D eigenvalue weighted by Crippen LogP contribution is 2.42. The molecule has 7 rings (SSSR count). The van der Waals surface area contributed by atoms with Crippen LogP contribution in [0.25, 0.3) is 66.8 Å². The zero-order valence-corrected chi connectivity index (χ0v) is 38.8. The molecule has 0 unspecified atom stereocenters. The van der Waals surface area contributed by atoms with Crippen molar-refractivity contribution in [1.29, 1.82) is 0 Å². The first-order valence-corrected chi connectivity index (χ1v) is 21.7. The van der Waals surface area contributed by atoms with Crippen molar-refractivity contribution in [1.82, 2.24) is 0 Å². The molecule has 0 radical (unpaired) electrons. The van der Waals surface area contributed by atoms with E-state index >= 15 is 0 Å². The Kier molecular flexibility index (Phi) is 13.5. The molecule has 7 aromatic carbocycles. The summed E-state index contributed by atoms with van der Waals surface area (Å²) in [4.78, 5) is 36.7. The summed E-state index contributed by atoms with van der Waals surface area (Å²) in [6, 6.07) is 53.7. The molecule has 0 heterocycles. The average Bonchev–Trinajstić information content (AvgIpc) is 3.25. The molecule has 0 bridgehead atoms. The summed E-state index contributed by atoms with van der Waals surface area (Å²) in [5, 5.41) is 0. The Hall–Kier alpha value is -7.65. The van der Waals surface area contributed by atoms with Crippen LogP contribution in [0.4, 0.5) is 14.4 Å². The lowest BCUT2D eigenvalue weighted by Crippen LogP contribution is -2.25. The van der Waals surface area contributed by atoms with Crippen LogP contribution < -0.4 is 14.2 Å². The van der Waals surface area contributed by atoms with Crippen molar-refractivity contribution < 1.29 is 42.8 Å². The molecule has 0 aliphatic heterocycles. The van der Waals surface area contributed by atoms with Gasteiger partial charge in [0, 0.05) is 0 Å². The van der Waals surface area contributed by atoms with Crippen molar-refractivity contribution >= 4 is 18.5 Å². The Morgan fingerprint density at radius 1 is 0.288 bits per heavy atom. The van der Waals surface area contributed by atoms with Crippen molar-refractivity contribution in [2.24, 2.45) is 0 Å². The van der Waals surface area contributed by atoms with Crippen molar-refractivity contribution in [3.05, 3.63) is 164 Å². The summed E-state index contributed by atoms with van der Waals surface area (Å²) in [5.74, 6) is 1.20. The molecule has 66 heavy (non-hydrogen) atoms. The maximum atomic E-state index is 12.2. The highest BCUT2D eigenvalue weighted by atomic mass is 16.7. The molecule has 336 valence electrons. The van der Waals surface area contributed by atoms with Gasteiger partial charge in [0.15, 0.2) is 0 Å². The lowest BCUT2D eigenvalue weighted by molar-refractivity contribution is 0.0193. The quantitative estimate of drug-likeness (QED) is 0.0796. The number of ether oxygens (including phenoxy) is 6. The second kappa shape index (κ2) is 19.2. The standard InChI is InChI=1S/C57H54O9/c1-55(2,3)64-52(58)61-46-31-25-40(26-32-46)37-13-19-43(20-14-37)49-11-10-12-50(44-21-15-38(16-22-44)41-27-33-47(34-28-41)62-53(59)65-56(4,5)6)51(49)45-23-17-39(18-24-45)42-29-35-48(36-30-42)63-54(60)66-57(7,8)9/h10-36H,1-9H3. The van der Waals surface area contributed by atoms with Crippen LogP contribution in [0.2, 0.25) is 0 Å². The predicted molar refractivity (Wildman–Crippen MR) is 260 cm³/mol. The summed E-state index contributed by atoms with van der Waals surface area (Å²) in [6.45, 7) is 16.1. The Labute approximate surface area is 386 Å². The minimum Gasteiger partial charge on any atom is -0.428 e. The maximum absolute atomic E-state index is 12.2. The SMILES string of the molecule is CC(C)(C)OC(=O)Oc1ccc(-c2ccc(-c3cccc(-c4ccc(-c5ccc(OC(=O)OC(C)(C)C)cc5)cc4)c3-c3ccc(-c4ccc(OC(=O)OC(C)(C)C)cc4)cc3)cc2)cc1. The first-order chi connectivity index (χ1) is 31.2. The van der Waals surface area contributed by atoms with E-state index in [9.17, 15) is 14.4 Å². The molecule has 0 N–H and O–H groups in total. The maximum Gasteiger partial charge on any atom is 0.514 e. The average molecular weight is 883 g/mol. The molecule has 0 fully saturated rings. The largest absolute Gasteiger partial charge is 0.514 e. The van der Waals surface area contributed by atoms with E-state index in [0.717, 1.165) is 66.8 Å². The van der Waals surface area contributed by atoms with E-state index in [-0.39, 0.29) is 0 Å². The fourth-order valence-electron chi connectivity index (χ4n) is 7.11. The number of rotatable bonds is 9. The van der Waals surface area contributed by atoms with Gasteiger partial charge in [-0.05, 0) is 165 Å². The van der Waals surface area contributed by atoms with Crippen LogP contribution in [-0.4, -0.2) is 35.3 Å². The molecule has 0 aromatic heterocycles. The van der Waals surface area contributed by atoms with Crippen molar-refractivity contribution in [2.45, 2.75) is 79.1 Å². The van der Waals surface area contributed by atoms with Crippen molar-refractivity contribution in [3.63, 3.8) is 0 Å². The van der Waals surface area contributed by atoms with Gasteiger partial charge in [-0.3, -0.25) is 0 Å². The summed E-state index contributed by atoms with van der Waals surface area (Å²) in [7, 11) is 0. The van der Waals surface area contributed by atoms with Gasteiger partial charge in [-0.25, -0.2) is 14.4 Å². The van der Waals surface area contributed by atoms with E-state index in [0.29, 0.717) is 17.2 Å². The zero-order valence-electron chi connectivity index (χ0n) is 38.8. The number of hydrogen-bond acceptors (Lipinski definition) is 9. The first-order valence-electron chi connectivity index (χ1n) is 21.7. The molecule has 0 aliphatic carbocycles. The van der Waals surface area contributed by atoms with Crippen molar-refractivity contribution in [2.75, 3.05) is 0 Å². The minimum absolute atomic E-state index is 0.397. The summed E-state index contributed by atoms with van der Waals surface area (Å²) in [5.41, 5.74) is 10.2. The summed E-state index contributed by atoms with van der Waals surface area (Å²) < 4.78 is 32.0. The second-order valence-corrected chi connectivity index (χ2v) is 18.7. The topological polar surface area (TPSA) is 107 Å². The number of benzene rings is 7. The lowest BCUT2D eigenvalue weighted by atomic mass is 9.86. The molecule has 9 nitrogen and oxygen atoms in total. The van der Waals surface area contributed by atoms with Gasteiger partial charge < -0.3 is 28.4 Å². The molecular weight excluding hydrogens is 829 g/mol. The van der Waals surface area contributed by atoms with Crippen molar-refractivity contribution in [3.8, 4) is 84.0 Å².